The van der Waals surface area contributed by atoms with Crippen molar-refractivity contribution in [2.24, 2.45) is 0 Å². The molecule has 5 rings (SSSR count). The molecule has 7 nitrogen and oxygen atoms in total. The lowest BCUT2D eigenvalue weighted by Crippen LogP contribution is -2.46. The topological polar surface area (TPSA) is 52.8 Å². The van der Waals surface area contributed by atoms with Crippen LogP contribution in [0.25, 0.3) is 5.78 Å². The third kappa shape index (κ3) is 3.89. The first-order chi connectivity index (χ1) is 14.2. The number of halogens is 1. The Bertz CT molecular complexity index is 986. The summed E-state index contributed by atoms with van der Waals surface area (Å²) in [5.41, 5.74) is 2.23. The Kier molecular flexibility index (Phi) is 5.01. The molecule has 2 aliphatic rings. The molecule has 0 amide bonds. The lowest BCUT2D eigenvalue weighted by Gasteiger charge is -2.35. The molecule has 29 heavy (non-hydrogen) atoms. The molecule has 4 heterocycles. The van der Waals surface area contributed by atoms with E-state index in [4.69, 9.17) is 21.7 Å². The molecule has 2 saturated heterocycles. The molecule has 8 heteroatoms. The van der Waals surface area contributed by atoms with Crippen molar-refractivity contribution >= 4 is 28.9 Å². The summed E-state index contributed by atoms with van der Waals surface area (Å²) >= 11 is 6.01. The van der Waals surface area contributed by atoms with Gasteiger partial charge in [0.2, 0.25) is 0 Å². The summed E-state index contributed by atoms with van der Waals surface area (Å²) in [5.74, 6) is 2.68. The van der Waals surface area contributed by atoms with Crippen LogP contribution in [0.15, 0.2) is 30.3 Å². The second-order valence-corrected chi connectivity index (χ2v) is 8.37. The molecule has 3 aromatic rings. The van der Waals surface area contributed by atoms with Gasteiger partial charge >= 0.3 is 0 Å². The van der Waals surface area contributed by atoms with Crippen molar-refractivity contribution in [3.05, 3.63) is 46.9 Å². The zero-order chi connectivity index (χ0) is 19.8. The van der Waals surface area contributed by atoms with Gasteiger partial charge in [0.15, 0.2) is 5.82 Å². The van der Waals surface area contributed by atoms with Crippen LogP contribution in [-0.2, 0) is 6.54 Å². The summed E-state index contributed by atoms with van der Waals surface area (Å²) in [4.78, 5) is 16.6. The van der Waals surface area contributed by atoms with Gasteiger partial charge in [-0.25, -0.2) is 4.98 Å². The van der Waals surface area contributed by atoms with E-state index in [2.05, 4.69) is 37.9 Å². The molecular weight excluding hydrogens is 386 g/mol. The molecule has 2 fully saturated rings. The molecule has 0 aliphatic carbocycles. The minimum absolute atomic E-state index is 0.710. The maximum Gasteiger partial charge on any atom is 0.254 e. The van der Waals surface area contributed by atoms with E-state index in [0.717, 1.165) is 68.2 Å². The molecule has 152 valence electrons. The Morgan fingerprint density at radius 1 is 0.897 bits per heavy atom. The predicted octanol–water partition coefficient (Wildman–Crippen LogP) is 3.01. The number of rotatable bonds is 4. The SMILES string of the molecule is Cc1cc(N2CCCC2)n2nc(CN3CCN(c4ccc(Cl)cc4)CC3)nc2n1. The molecule has 0 bridgehead atoms. The third-order valence-electron chi connectivity index (χ3n) is 5.82. The highest BCUT2D eigenvalue weighted by molar-refractivity contribution is 6.30. The van der Waals surface area contributed by atoms with Crippen molar-refractivity contribution in [3.63, 3.8) is 0 Å². The predicted molar refractivity (Wildman–Crippen MR) is 116 cm³/mol. The van der Waals surface area contributed by atoms with E-state index in [1.807, 2.05) is 23.6 Å². The summed E-state index contributed by atoms with van der Waals surface area (Å²) in [6.45, 7) is 8.92. The Morgan fingerprint density at radius 2 is 1.62 bits per heavy atom. The number of aromatic nitrogens is 4. The minimum atomic E-state index is 0.710. The van der Waals surface area contributed by atoms with Gasteiger partial charge in [-0.2, -0.15) is 9.50 Å². The first-order valence-corrected chi connectivity index (χ1v) is 10.7. The monoisotopic (exact) mass is 411 g/mol. The van der Waals surface area contributed by atoms with Crippen LogP contribution in [0.2, 0.25) is 5.02 Å². The number of hydrogen-bond acceptors (Lipinski definition) is 6. The Labute approximate surface area is 175 Å². The van der Waals surface area contributed by atoms with Crippen molar-refractivity contribution in [1.29, 1.82) is 0 Å². The van der Waals surface area contributed by atoms with E-state index in [1.54, 1.807) is 0 Å². The molecule has 0 unspecified atom stereocenters. The van der Waals surface area contributed by atoms with E-state index in [9.17, 15) is 0 Å². The van der Waals surface area contributed by atoms with Gasteiger partial charge in [0.1, 0.15) is 5.82 Å². The quantitative estimate of drug-likeness (QED) is 0.657. The highest BCUT2D eigenvalue weighted by atomic mass is 35.5. The average molecular weight is 412 g/mol. The van der Waals surface area contributed by atoms with E-state index < -0.39 is 0 Å². The Morgan fingerprint density at radius 3 is 2.34 bits per heavy atom. The number of anilines is 2. The fraction of sp³-hybridized carbons (Fsp3) is 0.476. The van der Waals surface area contributed by atoms with Gasteiger partial charge in [-0.15, -0.1) is 5.10 Å². The number of benzene rings is 1. The van der Waals surface area contributed by atoms with E-state index in [1.165, 1.54) is 18.5 Å². The second kappa shape index (κ2) is 7.80. The Hall–Kier alpha value is -2.38. The summed E-state index contributed by atoms with van der Waals surface area (Å²) in [6, 6.07) is 10.2. The maximum atomic E-state index is 6.01. The smallest absolute Gasteiger partial charge is 0.254 e. The molecule has 0 radical (unpaired) electrons. The minimum Gasteiger partial charge on any atom is -0.369 e. The van der Waals surface area contributed by atoms with Crippen molar-refractivity contribution < 1.29 is 0 Å². The highest BCUT2D eigenvalue weighted by Crippen LogP contribution is 2.22. The third-order valence-corrected chi connectivity index (χ3v) is 6.08. The Balaban J connectivity index is 1.28. The number of piperazine rings is 1. The molecule has 0 saturated carbocycles. The van der Waals surface area contributed by atoms with Crippen LogP contribution in [0.5, 0.6) is 0 Å². The normalized spacial score (nSPS) is 18.1. The van der Waals surface area contributed by atoms with E-state index in [-0.39, 0.29) is 0 Å². The van der Waals surface area contributed by atoms with Gasteiger partial charge < -0.3 is 9.80 Å². The molecule has 0 N–H and O–H groups in total. The fourth-order valence-electron chi connectivity index (χ4n) is 4.26. The van der Waals surface area contributed by atoms with Gasteiger partial charge in [-0.1, -0.05) is 11.6 Å². The summed E-state index contributed by atoms with van der Waals surface area (Å²) < 4.78 is 1.93. The van der Waals surface area contributed by atoms with Crippen LogP contribution >= 0.6 is 11.6 Å². The van der Waals surface area contributed by atoms with Gasteiger partial charge in [-0.3, -0.25) is 4.90 Å². The lowest BCUT2D eigenvalue weighted by molar-refractivity contribution is 0.244. The van der Waals surface area contributed by atoms with Crippen molar-refractivity contribution in [2.75, 3.05) is 49.1 Å². The number of fused-ring (bicyclic) bond motifs is 1. The first-order valence-electron chi connectivity index (χ1n) is 10.4. The number of nitrogens with zero attached hydrogens (tertiary/aromatic N) is 7. The average Bonchev–Trinajstić information content (AvgIpc) is 3.38. The van der Waals surface area contributed by atoms with Gasteiger partial charge in [-0.05, 0) is 44.0 Å². The second-order valence-electron chi connectivity index (χ2n) is 7.93. The highest BCUT2D eigenvalue weighted by Gasteiger charge is 2.21. The maximum absolute atomic E-state index is 6.01. The summed E-state index contributed by atoms with van der Waals surface area (Å²) in [5, 5.41) is 5.59. The molecular formula is C21H26ClN7. The zero-order valence-corrected chi connectivity index (χ0v) is 17.5. The molecule has 0 spiro atoms. The van der Waals surface area contributed by atoms with Gasteiger partial charge in [0.25, 0.3) is 5.78 Å². The molecule has 2 aromatic heterocycles. The van der Waals surface area contributed by atoms with Crippen LogP contribution in [-0.4, -0.2) is 63.8 Å². The van der Waals surface area contributed by atoms with Gasteiger partial charge in [0.05, 0.1) is 6.54 Å². The van der Waals surface area contributed by atoms with Crippen LogP contribution in [0, 0.1) is 6.92 Å². The number of hydrogen-bond donors (Lipinski definition) is 0. The zero-order valence-electron chi connectivity index (χ0n) is 16.8. The van der Waals surface area contributed by atoms with E-state index in [0.29, 0.717) is 5.78 Å². The fourth-order valence-corrected chi connectivity index (χ4v) is 4.39. The van der Waals surface area contributed by atoms with Crippen LogP contribution < -0.4 is 9.80 Å². The lowest BCUT2D eigenvalue weighted by atomic mass is 10.2. The first kappa shape index (κ1) is 18.6. The molecule has 0 atom stereocenters. The number of aryl methyl sites for hydroxylation is 1. The van der Waals surface area contributed by atoms with Crippen molar-refractivity contribution in [3.8, 4) is 0 Å². The summed E-state index contributed by atoms with van der Waals surface area (Å²) in [7, 11) is 0. The van der Waals surface area contributed by atoms with Crippen LogP contribution in [0.4, 0.5) is 11.5 Å². The largest absolute Gasteiger partial charge is 0.369 e. The van der Waals surface area contributed by atoms with Crippen molar-refractivity contribution in [2.45, 2.75) is 26.3 Å². The molecule has 2 aliphatic heterocycles. The summed E-state index contributed by atoms with van der Waals surface area (Å²) in [6.07, 6.45) is 2.48. The van der Waals surface area contributed by atoms with Crippen molar-refractivity contribution in [1.82, 2.24) is 24.5 Å². The molecule has 1 aromatic carbocycles. The van der Waals surface area contributed by atoms with Crippen LogP contribution in [0.1, 0.15) is 24.4 Å². The standard InChI is InChI=1S/C21H26ClN7/c1-16-14-20(28-8-2-3-9-28)29-21(23-16)24-19(25-29)15-26-10-12-27(13-11-26)18-6-4-17(22)5-7-18/h4-7,14H,2-3,8-13,15H2,1H3. The van der Waals surface area contributed by atoms with Gasteiger partial charge in [0, 0.05) is 61.7 Å². The van der Waals surface area contributed by atoms with Crippen LogP contribution in [0.3, 0.4) is 0 Å². The van der Waals surface area contributed by atoms with E-state index >= 15 is 0 Å².